The van der Waals surface area contributed by atoms with E-state index in [1.54, 1.807) is 18.3 Å². The predicted molar refractivity (Wildman–Crippen MR) is 71.3 cm³/mol. The second-order valence-electron chi connectivity index (χ2n) is 4.07. The number of nitrogens with zero attached hydrogens (tertiary/aromatic N) is 2. The molecule has 0 aromatic carbocycles. The van der Waals surface area contributed by atoms with E-state index in [-0.39, 0.29) is 19.0 Å². The molecule has 108 valence electrons. The van der Waals surface area contributed by atoms with E-state index < -0.39 is 5.85 Å². The van der Waals surface area contributed by atoms with Gasteiger partial charge in [0.2, 0.25) is 0 Å². The zero-order valence-electron chi connectivity index (χ0n) is 10.7. The van der Waals surface area contributed by atoms with Gasteiger partial charge in [0.15, 0.2) is 5.78 Å². The monoisotopic (exact) mass is 302 g/mol. The lowest BCUT2D eigenvalue weighted by molar-refractivity contribution is -0.167. The maximum absolute atomic E-state index is 12.4. The van der Waals surface area contributed by atoms with Crippen molar-refractivity contribution in [1.29, 1.82) is 0 Å². The maximum Gasteiger partial charge on any atom is 0.366 e. The molecule has 1 unspecified atom stereocenters. The normalized spacial score (nSPS) is 11.8. The van der Waals surface area contributed by atoms with Gasteiger partial charge in [-0.15, -0.1) is 0 Å². The van der Waals surface area contributed by atoms with Crippen LogP contribution >= 0.6 is 9.24 Å². The van der Waals surface area contributed by atoms with Gasteiger partial charge in [-0.05, 0) is 28.3 Å². The lowest BCUT2D eigenvalue weighted by atomic mass is 10.2. The molecule has 2 heterocycles. The van der Waals surface area contributed by atoms with Crippen molar-refractivity contribution >= 4 is 20.5 Å². The average molecular weight is 302 g/mol. The summed E-state index contributed by atoms with van der Waals surface area (Å²) in [5.74, 6) is -2.87. The molecule has 20 heavy (non-hydrogen) atoms. The molecule has 2 aromatic heterocycles. The number of ether oxygens (including phenoxy) is 2. The molecule has 5 nitrogen and oxygen atoms in total. The Hall–Kier alpha value is -1.59. The van der Waals surface area contributed by atoms with Gasteiger partial charge in [0.1, 0.15) is 12.4 Å². The number of hydrogen-bond acceptors (Lipinski definition) is 4. The Bertz CT molecular complexity index is 625. The number of Topliss-reactive ketones (excluding diaryl/α,β-unsaturated/α-hetero) is 1. The van der Waals surface area contributed by atoms with Crippen LogP contribution in [0.2, 0.25) is 0 Å². The van der Waals surface area contributed by atoms with E-state index in [9.17, 15) is 13.6 Å². The lowest BCUT2D eigenvalue weighted by Gasteiger charge is -2.11. The number of rotatable bonds is 6. The van der Waals surface area contributed by atoms with E-state index in [4.69, 9.17) is 4.74 Å². The topological polar surface area (TPSA) is 52.8 Å². The van der Waals surface area contributed by atoms with Gasteiger partial charge in [0, 0.05) is 0 Å². The summed E-state index contributed by atoms with van der Waals surface area (Å²) in [5.41, 5.74) is 1.18. The van der Waals surface area contributed by atoms with Crippen molar-refractivity contribution < 1.29 is 23.0 Å². The van der Waals surface area contributed by atoms with Gasteiger partial charge in [-0.2, -0.15) is 13.9 Å². The molecule has 2 aromatic rings. The summed E-state index contributed by atoms with van der Waals surface area (Å²) in [6, 6.07) is 3.33. The third-order valence-electron chi connectivity index (χ3n) is 2.51. The van der Waals surface area contributed by atoms with Gasteiger partial charge in [-0.25, -0.2) is 4.52 Å². The summed E-state index contributed by atoms with van der Waals surface area (Å²) in [6.45, 7) is 1.20. The van der Waals surface area contributed by atoms with Crippen molar-refractivity contribution in [1.82, 2.24) is 9.61 Å². The fourth-order valence-corrected chi connectivity index (χ4v) is 1.78. The van der Waals surface area contributed by atoms with Crippen LogP contribution in [0.15, 0.2) is 24.5 Å². The Balaban J connectivity index is 2.00. The summed E-state index contributed by atoms with van der Waals surface area (Å²) in [7, 11) is 1.29. The Kier molecular flexibility index (Phi) is 4.30. The molecule has 2 rings (SSSR count). The Labute approximate surface area is 116 Å². The largest absolute Gasteiger partial charge is 0.490 e. The van der Waals surface area contributed by atoms with Crippen molar-refractivity contribution in [2.75, 3.05) is 13.2 Å². The molecule has 0 aliphatic heterocycles. The minimum Gasteiger partial charge on any atom is -0.490 e. The Morgan fingerprint density at radius 2 is 2.20 bits per heavy atom. The Morgan fingerprint density at radius 1 is 1.45 bits per heavy atom. The van der Waals surface area contributed by atoms with Gasteiger partial charge >= 0.3 is 5.85 Å². The molecule has 0 fully saturated rings. The zero-order valence-corrected chi connectivity index (χ0v) is 11.8. The molecule has 0 aliphatic carbocycles. The van der Waals surface area contributed by atoms with E-state index in [1.165, 1.54) is 26.9 Å². The first-order chi connectivity index (χ1) is 9.37. The minimum absolute atomic E-state index is 0.0175. The van der Waals surface area contributed by atoms with Crippen LogP contribution < -0.4 is 4.74 Å². The molecular formula is C12H13F2N2O3P. The predicted octanol–water partition coefficient (Wildman–Crippen LogP) is 2.36. The SMILES string of the molecule is CC(=O)c1cnn2cc(OCCOC(F)(F)P)ccc12. The summed E-state index contributed by atoms with van der Waals surface area (Å²) < 4.78 is 35.7. The summed E-state index contributed by atoms with van der Waals surface area (Å²) in [4.78, 5) is 11.3. The highest BCUT2D eigenvalue weighted by Gasteiger charge is 2.21. The number of fused-ring (bicyclic) bond motifs is 1. The average Bonchev–Trinajstić information content (AvgIpc) is 2.76. The third kappa shape index (κ3) is 3.71. The van der Waals surface area contributed by atoms with E-state index in [0.717, 1.165) is 0 Å². The smallest absolute Gasteiger partial charge is 0.366 e. The van der Waals surface area contributed by atoms with Gasteiger partial charge in [0.05, 0.1) is 30.1 Å². The second kappa shape index (κ2) is 5.81. The highest BCUT2D eigenvalue weighted by molar-refractivity contribution is 7.17. The number of carbonyl (C=O) groups excluding carboxylic acids is 1. The van der Waals surface area contributed by atoms with Gasteiger partial charge < -0.3 is 9.47 Å². The van der Waals surface area contributed by atoms with E-state index >= 15 is 0 Å². The highest BCUT2D eigenvalue weighted by atomic mass is 31.0. The molecule has 0 saturated heterocycles. The van der Waals surface area contributed by atoms with Crippen LogP contribution in [-0.4, -0.2) is 34.5 Å². The summed E-state index contributed by atoms with van der Waals surface area (Å²) in [6.07, 6.45) is 3.04. The van der Waals surface area contributed by atoms with Crippen molar-refractivity contribution in [2.45, 2.75) is 12.8 Å². The maximum atomic E-state index is 12.4. The summed E-state index contributed by atoms with van der Waals surface area (Å²) in [5, 5.41) is 4.03. The first-order valence-electron chi connectivity index (χ1n) is 5.78. The van der Waals surface area contributed by atoms with Crippen molar-refractivity contribution in [3.63, 3.8) is 0 Å². The molecule has 0 radical (unpaired) electrons. The first kappa shape index (κ1) is 14.8. The number of ketones is 1. The molecule has 0 bridgehead atoms. The van der Waals surface area contributed by atoms with Crippen molar-refractivity contribution in [3.05, 3.63) is 30.1 Å². The number of carbonyl (C=O) groups is 1. The highest BCUT2D eigenvalue weighted by Crippen LogP contribution is 2.23. The van der Waals surface area contributed by atoms with Crippen LogP contribution in [0, 0.1) is 0 Å². The summed E-state index contributed by atoms with van der Waals surface area (Å²) >= 11 is 0. The Morgan fingerprint density at radius 3 is 2.85 bits per heavy atom. The lowest BCUT2D eigenvalue weighted by Crippen LogP contribution is -2.16. The fourth-order valence-electron chi connectivity index (χ4n) is 1.66. The van der Waals surface area contributed by atoms with Gasteiger partial charge in [-0.1, -0.05) is 0 Å². The quantitative estimate of drug-likeness (QED) is 0.467. The van der Waals surface area contributed by atoms with Crippen LogP contribution in [-0.2, 0) is 4.74 Å². The zero-order chi connectivity index (χ0) is 14.8. The van der Waals surface area contributed by atoms with Gasteiger partial charge in [0.25, 0.3) is 0 Å². The van der Waals surface area contributed by atoms with E-state index in [1.807, 2.05) is 0 Å². The number of hydrogen-bond donors (Lipinski definition) is 0. The van der Waals surface area contributed by atoms with Crippen LogP contribution in [0.4, 0.5) is 8.78 Å². The number of pyridine rings is 1. The standard InChI is InChI=1S/C12H13F2N2O3P/c1-8(17)10-6-15-16-7-9(2-3-11(10)16)18-4-5-19-12(13,14)20/h2-3,6-7H,4-5,20H2,1H3. The number of alkyl halides is 2. The molecule has 0 amide bonds. The van der Waals surface area contributed by atoms with E-state index in [0.29, 0.717) is 16.8 Å². The molecule has 0 aliphatic rings. The molecule has 0 N–H and O–H groups in total. The second-order valence-corrected chi connectivity index (χ2v) is 4.74. The van der Waals surface area contributed by atoms with Crippen LogP contribution in [0.5, 0.6) is 5.75 Å². The third-order valence-corrected chi connectivity index (χ3v) is 2.68. The van der Waals surface area contributed by atoms with E-state index in [2.05, 4.69) is 9.84 Å². The van der Waals surface area contributed by atoms with Crippen LogP contribution in [0.3, 0.4) is 0 Å². The molecular weight excluding hydrogens is 289 g/mol. The minimum atomic E-state index is -3.24. The van der Waals surface area contributed by atoms with Crippen molar-refractivity contribution in [3.8, 4) is 5.75 Å². The number of halogens is 2. The molecule has 0 saturated carbocycles. The first-order valence-corrected chi connectivity index (χ1v) is 6.36. The van der Waals surface area contributed by atoms with Crippen molar-refractivity contribution in [2.24, 2.45) is 0 Å². The molecule has 8 heteroatoms. The van der Waals surface area contributed by atoms with Crippen LogP contribution in [0.1, 0.15) is 17.3 Å². The van der Waals surface area contributed by atoms with Gasteiger partial charge in [-0.3, -0.25) is 4.79 Å². The molecule has 1 atom stereocenters. The van der Waals surface area contributed by atoms with Crippen LogP contribution in [0.25, 0.3) is 5.52 Å². The molecule has 0 spiro atoms. The number of aromatic nitrogens is 2. The fraction of sp³-hybridized carbons (Fsp3) is 0.333.